The second-order valence-corrected chi connectivity index (χ2v) is 28.7. The molecular weight excluding hydrogens is 909 g/mol. The van der Waals surface area contributed by atoms with Gasteiger partial charge in [-0.05, 0) is 221 Å². The molecule has 7 aromatic carbocycles. The number of rotatable bonds is 2. The Morgan fingerprint density at radius 1 is 0.535 bits per heavy atom. The molecule has 6 nitrogen and oxygen atoms in total. The first kappa shape index (κ1) is 47.3. The lowest BCUT2D eigenvalue weighted by Gasteiger charge is -2.47. The Hall–Kier alpha value is -6.07. The molecular formula is C63H68O6Si2. The van der Waals surface area contributed by atoms with Crippen LogP contribution in [0.25, 0.3) is 28.0 Å². The van der Waals surface area contributed by atoms with Gasteiger partial charge in [0.15, 0.2) is 5.60 Å². The highest BCUT2D eigenvalue weighted by molar-refractivity contribution is 6.79. The van der Waals surface area contributed by atoms with Gasteiger partial charge in [-0.15, -0.1) is 0 Å². The van der Waals surface area contributed by atoms with E-state index in [1.54, 1.807) is 0 Å². The largest absolute Gasteiger partial charge is 0.521 e. The number of benzene rings is 7. The summed E-state index contributed by atoms with van der Waals surface area (Å²) in [5.41, 5.74) is 11.7. The topological polar surface area (TPSA) is 55.4 Å². The molecule has 1 unspecified atom stereocenters. The molecule has 8 aliphatic heterocycles. The molecule has 17 rings (SSSR count). The summed E-state index contributed by atoms with van der Waals surface area (Å²) in [6.45, 7) is 17.5. The van der Waals surface area contributed by atoms with Gasteiger partial charge < -0.3 is 27.2 Å². The molecule has 1 fully saturated rings. The smallest absolute Gasteiger partial charge is 0.384 e. The molecule has 1 atom stereocenters. The summed E-state index contributed by atoms with van der Waals surface area (Å²) in [4.78, 5) is 0. The molecule has 0 N–H and O–H groups in total. The standard InChI is InChI=1S/C63H68O6Si2/c1-9-61(10-2)37-39-62(40-38-61)57-42-44(4)15-33-54(57)58-53-32-14-43(3)41-56(53)60-55(59(58)62)34-36-63(66-60)35-12-11-13-45-16-20-47(21-17-45)64-49-24-28-51(29-25-49)67-70(5,6)69-71(7,8)68-52-30-26-50(27-31-52)65-48-22-18-46(63)19-23-48/h14-34,36,41-42H,9-13,35,37-40H2,1-8H3. The molecule has 0 radical (unpaired) electrons. The Bertz CT molecular complexity index is 3120. The quantitative estimate of drug-likeness (QED) is 0.161. The van der Waals surface area contributed by atoms with Crippen LogP contribution < -0.4 is 23.1 Å². The maximum atomic E-state index is 7.84. The van der Waals surface area contributed by atoms with Crippen molar-refractivity contribution in [3.8, 4) is 51.4 Å². The average molecular weight is 977 g/mol. The van der Waals surface area contributed by atoms with E-state index >= 15 is 0 Å². The Kier molecular flexibility index (Phi) is 12.1. The van der Waals surface area contributed by atoms with E-state index in [2.05, 4.69) is 151 Å². The molecule has 0 amide bonds. The molecule has 1 saturated carbocycles. The summed E-state index contributed by atoms with van der Waals surface area (Å²) in [7, 11) is -5.28. The Morgan fingerprint density at radius 2 is 1.07 bits per heavy atom. The molecule has 8 heteroatoms. The number of aryl methyl sites for hydroxylation is 3. The van der Waals surface area contributed by atoms with Crippen molar-refractivity contribution in [1.29, 1.82) is 0 Å². The van der Waals surface area contributed by atoms with Gasteiger partial charge in [0.05, 0.1) is 0 Å². The summed E-state index contributed by atoms with van der Waals surface area (Å²) >= 11 is 0. The lowest BCUT2D eigenvalue weighted by molar-refractivity contribution is 0.104. The van der Waals surface area contributed by atoms with Gasteiger partial charge in [-0.1, -0.05) is 98.5 Å². The van der Waals surface area contributed by atoms with Gasteiger partial charge in [-0.3, -0.25) is 0 Å². The summed E-state index contributed by atoms with van der Waals surface area (Å²) in [5, 5.41) is 2.49. The second-order valence-electron chi connectivity index (χ2n) is 21.8. The fraction of sp³-hybridized carbons (Fsp3) is 0.333. The maximum absolute atomic E-state index is 7.84. The number of hydrogen-bond donors (Lipinski definition) is 0. The van der Waals surface area contributed by atoms with Crippen LogP contribution in [0.1, 0.15) is 111 Å². The van der Waals surface area contributed by atoms with Crippen molar-refractivity contribution >= 4 is 34.0 Å². The predicted octanol–water partition coefficient (Wildman–Crippen LogP) is 17.6. The Morgan fingerprint density at radius 3 is 1.66 bits per heavy atom. The van der Waals surface area contributed by atoms with Gasteiger partial charge in [0.2, 0.25) is 0 Å². The lowest BCUT2D eigenvalue weighted by Crippen LogP contribution is -2.52. The van der Waals surface area contributed by atoms with Crippen LogP contribution in [-0.2, 0) is 21.6 Å². The number of hydrogen-bond acceptors (Lipinski definition) is 6. The molecule has 364 valence electrons. The van der Waals surface area contributed by atoms with Gasteiger partial charge in [0.25, 0.3) is 0 Å². The van der Waals surface area contributed by atoms with Crippen LogP contribution in [0.15, 0.2) is 140 Å². The van der Waals surface area contributed by atoms with Crippen LogP contribution in [0.5, 0.6) is 40.2 Å². The van der Waals surface area contributed by atoms with Crippen LogP contribution >= 0.6 is 0 Å². The van der Waals surface area contributed by atoms with Gasteiger partial charge in [0.1, 0.15) is 40.2 Å². The number of ether oxygens (including phenoxy) is 3. The van der Waals surface area contributed by atoms with E-state index < -0.39 is 22.7 Å². The normalized spacial score (nSPS) is 20.5. The van der Waals surface area contributed by atoms with Crippen molar-refractivity contribution in [3.05, 3.63) is 178 Å². The zero-order valence-corrected chi connectivity index (χ0v) is 44.9. The van der Waals surface area contributed by atoms with E-state index in [1.807, 2.05) is 48.5 Å². The van der Waals surface area contributed by atoms with E-state index in [0.29, 0.717) is 5.41 Å². The third-order valence-corrected chi connectivity index (χ3v) is 21.6. The lowest BCUT2D eigenvalue weighted by atomic mass is 9.58. The molecule has 0 saturated heterocycles. The first-order chi connectivity index (χ1) is 34.2. The van der Waals surface area contributed by atoms with Crippen molar-refractivity contribution in [3.63, 3.8) is 0 Å². The van der Waals surface area contributed by atoms with E-state index in [0.717, 1.165) is 84.3 Å². The number of fused-ring (bicyclic) bond motifs is 10. The minimum atomic E-state index is -2.65. The first-order valence-electron chi connectivity index (χ1n) is 26.1. The molecule has 2 aliphatic carbocycles. The molecule has 0 aromatic heterocycles. The molecule has 71 heavy (non-hydrogen) atoms. The monoisotopic (exact) mass is 976 g/mol. The summed E-state index contributed by atoms with van der Waals surface area (Å²) in [5.74, 6) is 5.54. The summed E-state index contributed by atoms with van der Waals surface area (Å²) in [6.07, 6.45) is 15.9. The third kappa shape index (κ3) is 9.02. The van der Waals surface area contributed by atoms with Gasteiger partial charge >= 0.3 is 17.1 Å². The zero-order valence-electron chi connectivity index (χ0n) is 42.9. The minimum absolute atomic E-state index is 0.0660. The van der Waals surface area contributed by atoms with Gasteiger partial charge in [-0.25, -0.2) is 0 Å². The van der Waals surface area contributed by atoms with Crippen LogP contribution in [0, 0.1) is 19.3 Å². The fourth-order valence-corrected chi connectivity index (χ4v) is 18.9. The van der Waals surface area contributed by atoms with Gasteiger partial charge in [-0.2, -0.15) is 0 Å². The van der Waals surface area contributed by atoms with Crippen molar-refractivity contribution in [2.45, 2.75) is 129 Å². The highest BCUT2D eigenvalue weighted by Gasteiger charge is 2.51. The van der Waals surface area contributed by atoms with Crippen LogP contribution in [0.3, 0.4) is 0 Å². The van der Waals surface area contributed by atoms with Crippen molar-refractivity contribution < 1.29 is 27.2 Å². The fourth-order valence-electron chi connectivity index (χ4n) is 12.5. The van der Waals surface area contributed by atoms with E-state index in [9.17, 15) is 0 Å². The van der Waals surface area contributed by atoms with Crippen molar-refractivity contribution in [1.82, 2.24) is 0 Å². The molecule has 10 aliphatic rings. The second kappa shape index (κ2) is 18.2. The summed E-state index contributed by atoms with van der Waals surface area (Å²) in [6, 6.07) is 47.0. The third-order valence-electron chi connectivity index (χ3n) is 16.2. The van der Waals surface area contributed by atoms with E-state index in [4.69, 9.17) is 27.2 Å². The molecule has 8 bridgehead atoms. The van der Waals surface area contributed by atoms with Crippen LogP contribution in [0.4, 0.5) is 0 Å². The van der Waals surface area contributed by atoms with Crippen LogP contribution in [0.2, 0.25) is 26.2 Å². The van der Waals surface area contributed by atoms with Gasteiger partial charge in [0, 0.05) is 16.4 Å². The SMILES string of the molecule is CCC1(CC)CCC2(CC1)c1cc(C)ccc1-c1c2c2c(c3cc(C)ccc13)OC1(C=C2)CCCCc2ccc(cc2)Oc2ccc(cc2)O[Si](C)(C)O[Si](C)(C)Oc2ccc(cc2)Oc2ccc1cc2. The molecule has 2 spiro atoms. The minimum Gasteiger partial charge on any atom is -0.521 e. The van der Waals surface area contributed by atoms with E-state index in [1.165, 1.54) is 81.0 Å². The predicted molar refractivity (Wildman–Crippen MR) is 293 cm³/mol. The maximum Gasteiger partial charge on any atom is 0.384 e. The van der Waals surface area contributed by atoms with Crippen molar-refractivity contribution in [2.75, 3.05) is 0 Å². The Balaban J connectivity index is 0.975. The Labute approximate surface area is 423 Å². The molecule has 8 heterocycles. The highest BCUT2D eigenvalue weighted by atomic mass is 28.5. The zero-order chi connectivity index (χ0) is 49.2. The average Bonchev–Trinajstić information content (AvgIpc) is 3.63. The first-order valence-corrected chi connectivity index (χ1v) is 31.7. The molecule has 7 aromatic rings. The van der Waals surface area contributed by atoms with E-state index in [-0.39, 0.29) is 5.41 Å². The van der Waals surface area contributed by atoms with Crippen molar-refractivity contribution in [2.24, 2.45) is 5.41 Å². The highest BCUT2D eigenvalue weighted by Crippen LogP contribution is 2.64. The summed E-state index contributed by atoms with van der Waals surface area (Å²) < 4.78 is 40.3. The van der Waals surface area contributed by atoms with Crippen LogP contribution in [-0.4, -0.2) is 17.1 Å².